The molecule has 3 fully saturated rings. The zero-order chi connectivity index (χ0) is 12.7. The molecule has 0 spiro atoms. The van der Waals surface area contributed by atoms with Crippen LogP contribution in [0, 0.1) is 23.7 Å². The lowest BCUT2D eigenvalue weighted by Crippen LogP contribution is -2.66. The Morgan fingerprint density at radius 2 is 1.53 bits per heavy atom. The van der Waals surface area contributed by atoms with Crippen LogP contribution in [-0.2, 0) is 4.74 Å². The van der Waals surface area contributed by atoms with E-state index < -0.39 is 0 Å². The van der Waals surface area contributed by atoms with Gasteiger partial charge in [0.2, 0.25) is 0 Å². The highest BCUT2D eigenvalue weighted by atomic mass is 16.5. The highest BCUT2D eigenvalue weighted by molar-refractivity contribution is 5.01. The minimum Gasteiger partial charge on any atom is -0.375 e. The number of hydrogen-bond acceptors (Lipinski definition) is 2. The third-order valence-corrected chi connectivity index (χ3v) is 4.82. The Labute approximate surface area is 107 Å². The molecule has 2 nitrogen and oxygen atoms in total. The Balaban J connectivity index is 2.25. The molecule has 3 rings (SSSR count). The van der Waals surface area contributed by atoms with E-state index in [-0.39, 0.29) is 0 Å². The first-order valence-corrected chi connectivity index (χ1v) is 7.30. The Morgan fingerprint density at radius 1 is 0.941 bits per heavy atom. The van der Waals surface area contributed by atoms with Gasteiger partial charge in [0.15, 0.2) is 0 Å². The van der Waals surface area contributed by atoms with Crippen LogP contribution in [0.2, 0.25) is 0 Å². The van der Waals surface area contributed by atoms with Gasteiger partial charge in [0.05, 0.1) is 12.7 Å². The van der Waals surface area contributed by atoms with Gasteiger partial charge >= 0.3 is 0 Å². The van der Waals surface area contributed by atoms with E-state index in [2.05, 4.69) is 46.4 Å². The predicted molar refractivity (Wildman–Crippen MR) is 72.0 cm³/mol. The SMILES string of the molecule is CC(C)C1C2CN(C(C)C)C(CO2)C1C(C)C. The molecule has 0 aromatic rings. The van der Waals surface area contributed by atoms with Crippen LogP contribution in [0.25, 0.3) is 0 Å². The van der Waals surface area contributed by atoms with E-state index in [9.17, 15) is 0 Å². The third-order valence-electron chi connectivity index (χ3n) is 4.82. The summed E-state index contributed by atoms with van der Waals surface area (Å²) >= 11 is 0. The fourth-order valence-electron chi connectivity index (χ4n) is 4.14. The summed E-state index contributed by atoms with van der Waals surface area (Å²) in [5.74, 6) is 3.07. The van der Waals surface area contributed by atoms with Gasteiger partial charge in [-0.1, -0.05) is 27.7 Å². The van der Waals surface area contributed by atoms with E-state index in [4.69, 9.17) is 4.74 Å². The number of fused-ring (bicyclic) bond motifs is 3. The molecule has 0 aliphatic carbocycles. The van der Waals surface area contributed by atoms with Crippen LogP contribution in [0.5, 0.6) is 0 Å². The lowest BCUT2D eigenvalue weighted by Gasteiger charge is -2.58. The van der Waals surface area contributed by atoms with E-state index in [1.807, 2.05) is 0 Å². The maximum absolute atomic E-state index is 6.07. The van der Waals surface area contributed by atoms with Crippen molar-refractivity contribution >= 4 is 0 Å². The Bertz CT molecular complexity index is 262. The zero-order valence-electron chi connectivity index (χ0n) is 12.3. The molecule has 0 saturated carbocycles. The lowest BCUT2D eigenvalue weighted by molar-refractivity contribution is -0.196. The van der Waals surface area contributed by atoms with Crippen LogP contribution in [0.15, 0.2) is 0 Å². The van der Waals surface area contributed by atoms with Gasteiger partial charge in [0, 0.05) is 18.6 Å². The summed E-state index contributed by atoms with van der Waals surface area (Å²) in [5, 5.41) is 0. The largest absolute Gasteiger partial charge is 0.375 e. The quantitative estimate of drug-likeness (QED) is 0.750. The average Bonchev–Trinajstić information content (AvgIpc) is 2.27. The number of morpholine rings is 1. The molecule has 3 aliphatic rings. The third kappa shape index (κ3) is 2.26. The summed E-state index contributed by atoms with van der Waals surface area (Å²) in [7, 11) is 0. The summed E-state index contributed by atoms with van der Waals surface area (Å²) in [6, 6.07) is 1.30. The van der Waals surface area contributed by atoms with Crippen molar-refractivity contribution in [2.45, 2.75) is 59.7 Å². The molecule has 17 heavy (non-hydrogen) atoms. The average molecular weight is 239 g/mol. The minimum absolute atomic E-state index is 0.467. The van der Waals surface area contributed by atoms with Crippen molar-refractivity contribution in [2.75, 3.05) is 13.2 Å². The highest BCUT2D eigenvalue weighted by Crippen LogP contribution is 2.44. The molecule has 4 atom stereocenters. The first kappa shape index (κ1) is 13.4. The van der Waals surface area contributed by atoms with Crippen LogP contribution in [0.1, 0.15) is 41.5 Å². The summed E-state index contributed by atoms with van der Waals surface area (Å²) < 4.78 is 6.07. The Hall–Kier alpha value is -0.0800. The summed E-state index contributed by atoms with van der Waals surface area (Å²) in [5.41, 5.74) is 0. The molecule has 0 radical (unpaired) electrons. The van der Waals surface area contributed by atoms with E-state index in [0.29, 0.717) is 18.2 Å². The predicted octanol–water partition coefficient (Wildman–Crippen LogP) is 3.02. The van der Waals surface area contributed by atoms with E-state index >= 15 is 0 Å². The number of ether oxygens (including phenoxy) is 1. The second-order valence-electron chi connectivity index (χ2n) is 6.87. The van der Waals surface area contributed by atoms with Crippen molar-refractivity contribution in [1.29, 1.82) is 0 Å². The molecular formula is C15H29NO. The van der Waals surface area contributed by atoms with Gasteiger partial charge in [-0.2, -0.15) is 0 Å². The topological polar surface area (TPSA) is 12.5 Å². The fourth-order valence-corrected chi connectivity index (χ4v) is 4.14. The van der Waals surface area contributed by atoms with Crippen molar-refractivity contribution < 1.29 is 4.74 Å². The van der Waals surface area contributed by atoms with Crippen molar-refractivity contribution in [3.63, 3.8) is 0 Å². The van der Waals surface area contributed by atoms with Gasteiger partial charge in [-0.25, -0.2) is 0 Å². The Kier molecular flexibility index (Phi) is 3.84. The first-order valence-electron chi connectivity index (χ1n) is 7.30. The molecule has 0 amide bonds. The standard InChI is InChI=1S/C15H29NO/c1-9(2)14-12-8-17-13(15(14)10(3)4)7-16(12)11(5)6/h9-15H,7-8H2,1-6H3. The van der Waals surface area contributed by atoms with Gasteiger partial charge < -0.3 is 4.74 Å². The summed E-state index contributed by atoms with van der Waals surface area (Å²) in [4.78, 5) is 2.68. The minimum atomic E-state index is 0.467. The van der Waals surface area contributed by atoms with Gasteiger partial charge in [0.25, 0.3) is 0 Å². The van der Waals surface area contributed by atoms with E-state index in [1.165, 1.54) is 0 Å². The number of hydrogen-bond donors (Lipinski definition) is 0. The summed E-state index contributed by atoms with van der Waals surface area (Å²) in [6.45, 7) is 16.3. The molecule has 0 N–H and O–H groups in total. The molecule has 0 aromatic carbocycles. The lowest BCUT2D eigenvalue weighted by atomic mass is 9.66. The molecule has 2 bridgehead atoms. The zero-order valence-corrected chi connectivity index (χ0v) is 12.3. The van der Waals surface area contributed by atoms with Crippen LogP contribution in [0.4, 0.5) is 0 Å². The molecule has 2 heteroatoms. The number of nitrogens with zero attached hydrogens (tertiary/aromatic N) is 1. The van der Waals surface area contributed by atoms with Crippen molar-refractivity contribution in [1.82, 2.24) is 4.90 Å². The molecular weight excluding hydrogens is 210 g/mol. The van der Waals surface area contributed by atoms with Crippen LogP contribution < -0.4 is 0 Å². The van der Waals surface area contributed by atoms with Gasteiger partial charge in [-0.15, -0.1) is 0 Å². The van der Waals surface area contributed by atoms with Gasteiger partial charge in [-0.3, -0.25) is 4.90 Å². The van der Waals surface area contributed by atoms with Crippen molar-refractivity contribution in [3.05, 3.63) is 0 Å². The molecule has 3 saturated heterocycles. The van der Waals surface area contributed by atoms with E-state index in [1.54, 1.807) is 0 Å². The van der Waals surface area contributed by atoms with Crippen LogP contribution in [-0.4, -0.2) is 36.2 Å². The fraction of sp³-hybridized carbons (Fsp3) is 1.00. The molecule has 3 aliphatic heterocycles. The second-order valence-corrected chi connectivity index (χ2v) is 6.87. The van der Waals surface area contributed by atoms with Gasteiger partial charge in [-0.05, 0) is 37.5 Å². The highest BCUT2D eigenvalue weighted by Gasteiger charge is 2.50. The first-order chi connectivity index (χ1) is 7.93. The van der Waals surface area contributed by atoms with Gasteiger partial charge in [0.1, 0.15) is 0 Å². The van der Waals surface area contributed by atoms with Crippen molar-refractivity contribution in [3.8, 4) is 0 Å². The monoisotopic (exact) mass is 239 g/mol. The van der Waals surface area contributed by atoms with Crippen LogP contribution >= 0.6 is 0 Å². The summed E-state index contributed by atoms with van der Waals surface area (Å²) in [6.07, 6.45) is 0.467. The molecule has 4 unspecified atom stereocenters. The molecule has 3 heterocycles. The number of rotatable bonds is 3. The maximum Gasteiger partial charge on any atom is 0.0736 e. The normalized spacial score (nSPS) is 38.6. The maximum atomic E-state index is 6.07. The second kappa shape index (κ2) is 4.89. The Morgan fingerprint density at radius 3 is 2.00 bits per heavy atom. The van der Waals surface area contributed by atoms with E-state index in [0.717, 1.165) is 36.8 Å². The molecule has 100 valence electrons. The van der Waals surface area contributed by atoms with Crippen molar-refractivity contribution in [2.24, 2.45) is 23.7 Å². The van der Waals surface area contributed by atoms with Crippen LogP contribution in [0.3, 0.4) is 0 Å². The number of piperidine rings is 1. The molecule has 0 aromatic heterocycles. The smallest absolute Gasteiger partial charge is 0.0736 e.